The molecule has 1 heterocycles. The van der Waals surface area contributed by atoms with E-state index >= 15 is 0 Å². The second-order valence-corrected chi connectivity index (χ2v) is 5.36. The maximum atomic E-state index is 5.81. The van der Waals surface area contributed by atoms with Crippen LogP contribution >= 0.6 is 11.6 Å². The average Bonchev–Trinajstić information content (AvgIpc) is 2.99. The van der Waals surface area contributed by atoms with E-state index in [1.807, 2.05) is 6.07 Å². The van der Waals surface area contributed by atoms with E-state index in [2.05, 4.69) is 35.0 Å². The Morgan fingerprint density at radius 3 is 2.95 bits per heavy atom. The van der Waals surface area contributed by atoms with Gasteiger partial charge >= 0.3 is 0 Å². The molecule has 3 heteroatoms. The third-order valence-corrected chi connectivity index (χ3v) is 3.71. The first-order valence-corrected chi connectivity index (χ1v) is 7.62. The lowest BCUT2D eigenvalue weighted by atomic mass is 10.1. The Morgan fingerprint density at radius 2 is 2.05 bits per heavy atom. The first-order valence-electron chi connectivity index (χ1n) is 7.08. The molecule has 1 aromatic heterocycles. The van der Waals surface area contributed by atoms with Gasteiger partial charge in [-0.3, -0.25) is 4.98 Å². The van der Waals surface area contributed by atoms with Crippen molar-refractivity contribution < 1.29 is 4.74 Å². The SMILES string of the molecule is ClCC#Cc1cncc(OCc2ccc3c(c2)CCC3)c1. The van der Waals surface area contributed by atoms with Gasteiger partial charge in [0.05, 0.1) is 12.1 Å². The van der Waals surface area contributed by atoms with Gasteiger partial charge in [0.25, 0.3) is 0 Å². The molecule has 0 atom stereocenters. The first-order chi connectivity index (χ1) is 10.3. The molecule has 21 heavy (non-hydrogen) atoms. The Hall–Kier alpha value is -1.98. The highest BCUT2D eigenvalue weighted by Gasteiger charge is 2.10. The van der Waals surface area contributed by atoms with Crippen molar-refractivity contribution in [1.29, 1.82) is 0 Å². The summed E-state index contributed by atoms with van der Waals surface area (Å²) in [6, 6.07) is 8.52. The van der Waals surface area contributed by atoms with Gasteiger partial charge in [-0.25, -0.2) is 0 Å². The number of nitrogens with zero attached hydrogens (tertiary/aromatic N) is 1. The Kier molecular flexibility index (Phi) is 4.43. The number of rotatable bonds is 3. The summed E-state index contributed by atoms with van der Waals surface area (Å²) in [5.74, 6) is 6.81. The number of pyridine rings is 1. The molecule has 0 bridgehead atoms. The van der Waals surface area contributed by atoms with E-state index in [1.54, 1.807) is 12.4 Å². The van der Waals surface area contributed by atoms with Crippen molar-refractivity contribution in [3.05, 3.63) is 58.9 Å². The Balaban J connectivity index is 1.67. The van der Waals surface area contributed by atoms with Crippen molar-refractivity contribution in [3.8, 4) is 17.6 Å². The summed E-state index contributed by atoms with van der Waals surface area (Å²) in [6.45, 7) is 0.557. The molecule has 0 radical (unpaired) electrons. The van der Waals surface area contributed by atoms with E-state index in [1.165, 1.54) is 36.0 Å². The first kappa shape index (κ1) is 14.0. The molecule has 0 fully saturated rings. The lowest BCUT2D eigenvalue weighted by Gasteiger charge is -2.08. The molecule has 1 aliphatic carbocycles. The lowest BCUT2D eigenvalue weighted by Crippen LogP contribution is -1.97. The van der Waals surface area contributed by atoms with Crippen LogP contribution in [0.1, 0.15) is 28.7 Å². The smallest absolute Gasteiger partial charge is 0.139 e. The third kappa shape index (κ3) is 3.56. The van der Waals surface area contributed by atoms with Crippen LogP contribution in [0.2, 0.25) is 0 Å². The second-order valence-electron chi connectivity index (χ2n) is 5.09. The molecule has 2 aromatic rings. The van der Waals surface area contributed by atoms with Crippen LogP contribution < -0.4 is 4.74 Å². The van der Waals surface area contributed by atoms with Crippen LogP contribution in [0.3, 0.4) is 0 Å². The summed E-state index contributed by atoms with van der Waals surface area (Å²) in [4.78, 5) is 4.14. The minimum atomic E-state index is 0.320. The third-order valence-electron chi connectivity index (χ3n) is 3.58. The number of hydrogen-bond donors (Lipinski definition) is 0. The number of halogens is 1. The standard InChI is InChI=1S/C18H16ClNO/c19-8-2-3-14-10-18(12-20-11-14)21-13-15-6-7-16-4-1-5-17(16)9-15/h6-7,9-12H,1,4-5,8,13H2. The Bertz CT molecular complexity index is 700. The molecule has 0 saturated heterocycles. The number of hydrogen-bond acceptors (Lipinski definition) is 2. The fraction of sp³-hybridized carbons (Fsp3) is 0.278. The summed E-state index contributed by atoms with van der Waals surface area (Å²) in [7, 11) is 0. The van der Waals surface area contributed by atoms with Crippen LogP contribution in [0.4, 0.5) is 0 Å². The Morgan fingerprint density at radius 1 is 1.14 bits per heavy atom. The van der Waals surface area contributed by atoms with Crippen molar-refractivity contribution in [2.24, 2.45) is 0 Å². The van der Waals surface area contributed by atoms with Gasteiger partial charge in [0.1, 0.15) is 12.4 Å². The fourth-order valence-corrected chi connectivity index (χ4v) is 2.65. The molecule has 0 aliphatic heterocycles. The van der Waals surface area contributed by atoms with Crippen LogP contribution in [0.15, 0.2) is 36.7 Å². The van der Waals surface area contributed by atoms with Crippen molar-refractivity contribution in [2.45, 2.75) is 25.9 Å². The predicted molar refractivity (Wildman–Crippen MR) is 84.6 cm³/mol. The van der Waals surface area contributed by atoms with Crippen molar-refractivity contribution in [1.82, 2.24) is 4.98 Å². The van der Waals surface area contributed by atoms with Gasteiger partial charge in [-0.2, -0.15) is 0 Å². The highest BCUT2D eigenvalue weighted by atomic mass is 35.5. The van der Waals surface area contributed by atoms with E-state index in [-0.39, 0.29) is 0 Å². The summed E-state index contributed by atoms with van der Waals surface area (Å²) in [5, 5.41) is 0. The highest BCUT2D eigenvalue weighted by Crippen LogP contribution is 2.23. The normalized spacial score (nSPS) is 12.4. The molecule has 3 rings (SSSR count). The van der Waals surface area contributed by atoms with Crippen molar-refractivity contribution in [3.63, 3.8) is 0 Å². The van der Waals surface area contributed by atoms with Crippen molar-refractivity contribution >= 4 is 11.6 Å². The van der Waals surface area contributed by atoms with Crippen LogP contribution in [-0.2, 0) is 19.4 Å². The minimum absolute atomic E-state index is 0.320. The maximum absolute atomic E-state index is 5.81. The topological polar surface area (TPSA) is 22.1 Å². The van der Waals surface area contributed by atoms with Gasteiger partial charge in [-0.15, -0.1) is 11.6 Å². The monoisotopic (exact) mass is 297 g/mol. The molecule has 1 aliphatic rings. The van der Waals surface area contributed by atoms with E-state index in [0.717, 1.165) is 11.3 Å². The van der Waals surface area contributed by atoms with E-state index in [0.29, 0.717) is 12.5 Å². The largest absolute Gasteiger partial charge is 0.487 e. The number of alkyl halides is 1. The molecule has 2 nitrogen and oxygen atoms in total. The summed E-state index contributed by atoms with van der Waals surface area (Å²) < 4.78 is 5.81. The fourth-order valence-electron chi connectivity index (χ4n) is 2.58. The van der Waals surface area contributed by atoms with E-state index in [4.69, 9.17) is 16.3 Å². The van der Waals surface area contributed by atoms with Gasteiger partial charge in [-0.05, 0) is 42.0 Å². The number of aromatic nitrogens is 1. The van der Waals surface area contributed by atoms with Gasteiger partial charge in [0.15, 0.2) is 0 Å². The van der Waals surface area contributed by atoms with Crippen molar-refractivity contribution in [2.75, 3.05) is 5.88 Å². The molecule has 0 saturated carbocycles. The molecular formula is C18H16ClNO. The molecule has 0 amide bonds. The van der Waals surface area contributed by atoms with Crippen LogP contribution in [-0.4, -0.2) is 10.9 Å². The molecule has 1 aromatic carbocycles. The van der Waals surface area contributed by atoms with Crippen LogP contribution in [0.25, 0.3) is 0 Å². The second kappa shape index (κ2) is 6.65. The predicted octanol–water partition coefficient (Wildman–Crippen LogP) is 3.74. The number of ether oxygens (including phenoxy) is 1. The van der Waals surface area contributed by atoms with Crippen LogP contribution in [0.5, 0.6) is 5.75 Å². The Labute approximate surface area is 130 Å². The zero-order valence-electron chi connectivity index (χ0n) is 11.7. The van der Waals surface area contributed by atoms with Gasteiger partial charge in [-0.1, -0.05) is 30.0 Å². The number of aryl methyl sites for hydroxylation is 2. The quantitative estimate of drug-likeness (QED) is 0.636. The number of benzene rings is 1. The molecular weight excluding hydrogens is 282 g/mol. The maximum Gasteiger partial charge on any atom is 0.139 e. The lowest BCUT2D eigenvalue weighted by molar-refractivity contribution is 0.305. The molecule has 0 unspecified atom stereocenters. The summed E-state index contributed by atoms with van der Waals surface area (Å²) in [6.07, 6.45) is 7.09. The van der Waals surface area contributed by atoms with Gasteiger partial charge in [0, 0.05) is 11.8 Å². The summed E-state index contributed by atoms with van der Waals surface area (Å²) >= 11 is 5.55. The molecule has 106 valence electrons. The minimum Gasteiger partial charge on any atom is -0.487 e. The van der Waals surface area contributed by atoms with Crippen LogP contribution in [0, 0.1) is 11.8 Å². The number of fused-ring (bicyclic) bond motifs is 1. The zero-order chi connectivity index (χ0) is 14.5. The molecule has 0 spiro atoms. The van der Waals surface area contributed by atoms with E-state index < -0.39 is 0 Å². The molecule has 0 N–H and O–H groups in total. The van der Waals surface area contributed by atoms with Gasteiger partial charge in [0.2, 0.25) is 0 Å². The van der Waals surface area contributed by atoms with Gasteiger partial charge < -0.3 is 4.74 Å². The summed E-state index contributed by atoms with van der Waals surface area (Å²) in [5.41, 5.74) is 4.98. The zero-order valence-corrected chi connectivity index (χ0v) is 12.5. The average molecular weight is 298 g/mol. The highest BCUT2D eigenvalue weighted by molar-refractivity contribution is 6.19. The van der Waals surface area contributed by atoms with E-state index in [9.17, 15) is 0 Å².